The Balaban J connectivity index is 0. The molecular formula is C20H41KO4S. The number of rotatable bonds is 19. The molecule has 0 heterocycles. The second-order valence-electron chi connectivity index (χ2n) is 7.37. The van der Waals surface area contributed by atoms with Crippen LogP contribution in [0.15, 0.2) is 0 Å². The molecule has 0 aliphatic heterocycles. The van der Waals surface area contributed by atoms with Crippen molar-refractivity contribution in [2.75, 3.05) is 6.61 Å². The van der Waals surface area contributed by atoms with Crippen LogP contribution in [0.2, 0.25) is 0 Å². The van der Waals surface area contributed by atoms with Gasteiger partial charge in [-0.2, -0.15) is 0 Å². The molecule has 6 heteroatoms. The van der Waals surface area contributed by atoms with Crippen LogP contribution in [0.5, 0.6) is 0 Å². The van der Waals surface area contributed by atoms with E-state index in [-0.39, 0.29) is 58.0 Å². The smallest absolute Gasteiger partial charge is 0.748 e. The molecule has 0 aliphatic rings. The molecule has 1 N–H and O–H groups in total. The monoisotopic (exact) mass is 416 g/mol. The van der Waals surface area contributed by atoms with Gasteiger partial charge in [-0.05, 0) is 19.3 Å². The van der Waals surface area contributed by atoms with Crippen LogP contribution >= 0.6 is 0 Å². The van der Waals surface area contributed by atoms with Crippen LogP contribution in [0.1, 0.15) is 116 Å². The summed E-state index contributed by atoms with van der Waals surface area (Å²) in [6.45, 7) is 2.48. The SMILES string of the molecule is CCCCCCCCCC(CCCCCCCCCCO)S(=O)(=O)[O-].[K+]. The van der Waals surface area contributed by atoms with Crippen LogP contribution in [-0.2, 0) is 10.1 Å². The third-order valence-corrected chi connectivity index (χ3v) is 6.26. The minimum atomic E-state index is -4.15. The maximum atomic E-state index is 11.4. The fraction of sp³-hybridized carbons (Fsp3) is 1.00. The predicted octanol–water partition coefficient (Wildman–Crippen LogP) is 2.55. The van der Waals surface area contributed by atoms with Gasteiger partial charge in [-0.25, -0.2) is 8.42 Å². The van der Waals surface area contributed by atoms with E-state index in [1.165, 1.54) is 32.1 Å². The Morgan fingerprint density at radius 1 is 0.692 bits per heavy atom. The largest absolute Gasteiger partial charge is 1.00 e. The van der Waals surface area contributed by atoms with E-state index in [9.17, 15) is 13.0 Å². The Bertz CT molecular complexity index is 374. The average Bonchev–Trinajstić information content (AvgIpc) is 2.56. The van der Waals surface area contributed by atoms with Crippen LogP contribution < -0.4 is 51.4 Å². The molecular weight excluding hydrogens is 375 g/mol. The summed E-state index contributed by atoms with van der Waals surface area (Å²) in [6.07, 6.45) is 17.6. The molecule has 0 aromatic heterocycles. The second-order valence-corrected chi connectivity index (χ2v) is 9.02. The number of aliphatic hydroxyl groups excluding tert-OH is 1. The molecule has 26 heavy (non-hydrogen) atoms. The van der Waals surface area contributed by atoms with Gasteiger partial charge in [-0.1, -0.05) is 96.8 Å². The summed E-state index contributed by atoms with van der Waals surface area (Å²) < 4.78 is 34.3. The summed E-state index contributed by atoms with van der Waals surface area (Å²) in [5, 5.41) is 8.03. The summed E-state index contributed by atoms with van der Waals surface area (Å²) in [5.41, 5.74) is 0. The van der Waals surface area contributed by atoms with Gasteiger partial charge in [0.2, 0.25) is 0 Å². The first kappa shape index (κ1) is 29.7. The molecule has 152 valence electrons. The number of aliphatic hydroxyl groups is 1. The van der Waals surface area contributed by atoms with Gasteiger partial charge in [0.15, 0.2) is 0 Å². The Labute approximate surface area is 205 Å². The van der Waals surface area contributed by atoms with Gasteiger partial charge in [0, 0.05) is 11.9 Å². The fourth-order valence-corrected chi connectivity index (χ4v) is 4.22. The summed E-state index contributed by atoms with van der Waals surface area (Å²) in [7, 11) is -4.15. The third-order valence-electron chi connectivity index (χ3n) is 4.97. The van der Waals surface area contributed by atoms with Crippen LogP contribution in [-0.4, -0.2) is 29.9 Å². The third kappa shape index (κ3) is 20.2. The van der Waals surface area contributed by atoms with Crippen molar-refractivity contribution in [3.8, 4) is 0 Å². The van der Waals surface area contributed by atoms with Crippen molar-refractivity contribution < 1.29 is 69.5 Å². The molecule has 1 unspecified atom stereocenters. The van der Waals surface area contributed by atoms with Gasteiger partial charge >= 0.3 is 51.4 Å². The van der Waals surface area contributed by atoms with Crippen molar-refractivity contribution in [3.05, 3.63) is 0 Å². The summed E-state index contributed by atoms with van der Waals surface area (Å²) in [4.78, 5) is 0. The Morgan fingerprint density at radius 3 is 1.38 bits per heavy atom. The second kappa shape index (κ2) is 21.2. The van der Waals surface area contributed by atoms with E-state index in [0.29, 0.717) is 12.8 Å². The van der Waals surface area contributed by atoms with E-state index in [1.54, 1.807) is 0 Å². The van der Waals surface area contributed by atoms with Crippen molar-refractivity contribution in [1.29, 1.82) is 0 Å². The fourth-order valence-electron chi connectivity index (χ4n) is 3.31. The van der Waals surface area contributed by atoms with Crippen LogP contribution in [0.4, 0.5) is 0 Å². The van der Waals surface area contributed by atoms with Crippen molar-refractivity contribution in [1.82, 2.24) is 0 Å². The first-order chi connectivity index (χ1) is 12.0. The molecule has 1 atom stereocenters. The van der Waals surface area contributed by atoms with Crippen LogP contribution in [0, 0.1) is 0 Å². The molecule has 0 radical (unpaired) electrons. The molecule has 0 amide bonds. The number of unbranched alkanes of at least 4 members (excludes halogenated alkanes) is 13. The predicted molar refractivity (Wildman–Crippen MR) is 105 cm³/mol. The molecule has 0 aromatic carbocycles. The zero-order valence-electron chi connectivity index (χ0n) is 17.4. The molecule has 0 rings (SSSR count). The molecule has 0 aromatic rings. The molecule has 0 spiro atoms. The van der Waals surface area contributed by atoms with E-state index in [0.717, 1.165) is 64.2 Å². The molecule has 0 saturated heterocycles. The number of hydrogen-bond donors (Lipinski definition) is 1. The van der Waals surface area contributed by atoms with Crippen molar-refractivity contribution >= 4 is 10.1 Å². The summed E-state index contributed by atoms with van der Waals surface area (Å²) >= 11 is 0. The van der Waals surface area contributed by atoms with Gasteiger partial charge in [0.05, 0.1) is 10.1 Å². The molecule has 0 aliphatic carbocycles. The topological polar surface area (TPSA) is 77.4 Å². The minimum absolute atomic E-state index is 0. The maximum absolute atomic E-state index is 11.4. The molecule has 0 bridgehead atoms. The minimum Gasteiger partial charge on any atom is -0.748 e. The van der Waals surface area contributed by atoms with Gasteiger partial charge in [-0.15, -0.1) is 0 Å². The van der Waals surface area contributed by atoms with E-state index in [4.69, 9.17) is 5.11 Å². The zero-order chi connectivity index (χ0) is 18.8. The summed E-state index contributed by atoms with van der Waals surface area (Å²) in [6, 6.07) is 0. The normalized spacial score (nSPS) is 12.7. The van der Waals surface area contributed by atoms with Gasteiger partial charge < -0.3 is 9.66 Å². The molecule has 0 fully saturated rings. The van der Waals surface area contributed by atoms with Crippen molar-refractivity contribution in [3.63, 3.8) is 0 Å². The van der Waals surface area contributed by atoms with Gasteiger partial charge in [-0.3, -0.25) is 0 Å². The van der Waals surface area contributed by atoms with Crippen LogP contribution in [0.3, 0.4) is 0 Å². The number of hydrogen-bond acceptors (Lipinski definition) is 4. The van der Waals surface area contributed by atoms with E-state index in [2.05, 4.69) is 6.92 Å². The quantitative estimate of drug-likeness (QED) is 0.199. The first-order valence-corrected chi connectivity index (χ1v) is 12.0. The first-order valence-electron chi connectivity index (χ1n) is 10.6. The van der Waals surface area contributed by atoms with Crippen LogP contribution in [0.25, 0.3) is 0 Å². The maximum Gasteiger partial charge on any atom is 1.00 e. The van der Waals surface area contributed by atoms with E-state index >= 15 is 0 Å². The Morgan fingerprint density at radius 2 is 1.04 bits per heavy atom. The average molecular weight is 417 g/mol. The van der Waals surface area contributed by atoms with E-state index < -0.39 is 15.4 Å². The van der Waals surface area contributed by atoms with Gasteiger partial charge in [0.25, 0.3) is 0 Å². The molecule has 0 saturated carbocycles. The zero-order valence-corrected chi connectivity index (χ0v) is 21.3. The van der Waals surface area contributed by atoms with E-state index in [1.807, 2.05) is 0 Å². The summed E-state index contributed by atoms with van der Waals surface area (Å²) in [5.74, 6) is 0. The van der Waals surface area contributed by atoms with Crippen molar-refractivity contribution in [2.45, 2.75) is 121 Å². The van der Waals surface area contributed by atoms with Crippen molar-refractivity contribution in [2.24, 2.45) is 0 Å². The molecule has 4 nitrogen and oxygen atoms in total. The standard InChI is InChI=1S/C20H42O4S.K/c1-2-3-4-5-8-11-14-17-20(25(22,23)24)18-15-12-9-6-7-10-13-16-19-21;/h20-21H,2-19H2,1H3,(H,22,23,24);/q;+1/p-1. The Hall–Kier alpha value is 1.51. The van der Waals surface area contributed by atoms with Gasteiger partial charge in [0.1, 0.15) is 0 Å². The Kier molecular flexibility index (Phi) is 24.2.